The predicted octanol–water partition coefficient (Wildman–Crippen LogP) is 1.94. The quantitative estimate of drug-likeness (QED) is 0.786. The first-order valence-corrected chi connectivity index (χ1v) is 5.38. The molecule has 2 N–H and O–H groups in total. The predicted molar refractivity (Wildman–Crippen MR) is 68.9 cm³/mol. The van der Waals surface area contributed by atoms with Gasteiger partial charge in [0.2, 0.25) is 0 Å². The Kier molecular flexibility index (Phi) is 8.19. The molecule has 96 valence electrons. The highest BCUT2D eigenvalue weighted by atomic mass is 35.5. The van der Waals surface area contributed by atoms with Crippen LogP contribution in [0.4, 0.5) is 0 Å². The van der Waals surface area contributed by atoms with E-state index >= 15 is 0 Å². The lowest BCUT2D eigenvalue weighted by molar-refractivity contribution is -0.139. The molecule has 0 fully saturated rings. The first-order valence-electron chi connectivity index (χ1n) is 5.38. The van der Waals surface area contributed by atoms with E-state index in [2.05, 4.69) is 5.32 Å². The topological polar surface area (TPSA) is 58.6 Å². The number of likely N-dealkylation sites (N-methyl/N-ethyl adjacent to an activating group) is 1. The van der Waals surface area contributed by atoms with Crippen LogP contribution in [-0.4, -0.2) is 30.3 Å². The van der Waals surface area contributed by atoms with Gasteiger partial charge in [-0.05, 0) is 18.7 Å². The molecule has 0 aliphatic rings. The molecule has 0 spiro atoms. The molecule has 1 aromatic carbocycles. The fourth-order valence-corrected chi connectivity index (χ4v) is 1.37. The number of hydrogen-bond donors (Lipinski definition) is 2. The summed E-state index contributed by atoms with van der Waals surface area (Å²) < 4.78 is 5.43. The second kappa shape index (κ2) is 8.84. The number of hydrogen-bond acceptors (Lipinski definition) is 3. The minimum atomic E-state index is -0.835. The summed E-state index contributed by atoms with van der Waals surface area (Å²) in [5.74, 6) is -0.0679. The zero-order valence-corrected chi connectivity index (χ0v) is 10.6. The van der Waals surface area contributed by atoms with Crippen LogP contribution < -0.4 is 10.1 Å². The molecule has 0 heterocycles. The van der Waals surface area contributed by atoms with Gasteiger partial charge in [-0.1, -0.05) is 25.1 Å². The molecule has 0 unspecified atom stereocenters. The van der Waals surface area contributed by atoms with Gasteiger partial charge in [-0.3, -0.25) is 4.79 Å². The number of benzene rings is 1. The highest BCUT2D eigenvalue weighted by Gasteiger charge is 2.15. The van der Waals surface area contributed by atoms with Crippen LogP contribution in [0.3, 0.4) is 0 Å². The maximum atomic E-state index is 10.8. The van der Waals surface area contributed by atoms with Crippen LogP contribution >= 0.6 is 12.4 Å². The summed E-state index contributed by atoms with van der Waals surface area (Å²) in [4.78, 5) is 10.8. The van der Waals surface area contributed by atoms with Crippen LogP contribution in [0, 0.1) is 0 Å². The first-order chi connectivity index (χ1) is 7.74. The van der Waals surface area contributed by atoms with Crippen molar-refractivity contribution in [1.29, 1.82) is 0 Å². The van der Waals surface area contributed by atoms with Gasteiger partial charge in [0.25, 0.3) is 0 Å². The van der Waals surface area contributed by atoms with E-state index in [4.69, 9.17) is 9.84 Å². The monoisotopic (exact) mass is 259 g/mol. The van der Waals surface area contributed by atoms with Crippen molar-refractivity contribution in [2.45, 2.75) is 19.4 Å². The second-order valence-electron chi connectivity index (χ2n) is 3.40. The van der Waals surface area contributed by atoms with E-state index in [-0.39, 0.29) is 12.4 Å². The Labute approximate surface area is 107 Å². The van der Waals surface area contributed by atoms with Crippen LogP contribution in [0.1, 0.15) is 13.3 Å². The highest BCUT2D eigenvalue weighted by molar-refractivity contribution is 5.85. The van der Waals surface area contributed by atoms with Gasteiger partial charge in [-0.15, -0.1) is 12.4 Å². The third-order valence-corrected chi connectivity index (χ3v) is 2.17. The summed E-state index contributed by atoms with van der Waals surface area (Å²) in [7, 11) is 0. The second-order valence-corrected chi connectivity index (χ2v) is 3.40. The number of rotatable bonds is 7. The minimum Gasteiger partial charge on any atom is -0.494 e. The molecule has 0 aliphatic carbocycles. The largest absolute Gasteiger partial charge is 0.494 e. The molecule has 4 nitrogen and oxygen atoms in total. The average Bonchev–Trinajstić information content (AvgIpc) is 2.29. The summed E-state index contributed by atoms with van der Waals surface area (Å²) >= 11 is 0. The molecule has 0 aromatic heterocycles. The number of carboxylic acids is 1. The number of carboxylic acid groups (broad SMARTS) is 1. The molecule has 17 heavy (non-hydrogen) atoms. The molecular weight excluding hydrogens is 242 g/mol. The fourth-order valence-electron chi connectivity index (χ4n) is 1.37. The van der Waals surface area contributed by atoms with Crippen molar-refractivity contribution < 1.29 is 14.6 Å². The third kappa shape index (κ3) is 6.14. The Bertz CT molecular complexity index is 319. The van der Waals surface area contributed by atoms with E-state index in [1.54, 1.807) is 0 Å². The number of carbonyl (C=O) groups is 1. The Hall–Kier alpha value is -1.26. The zero-order valence-electron chi connectivity index (χ0n) is 9.76. The van der Waals surface area contributed by atoms with Crippen molar-refractivity contribution in [2.75, 3.05) is 13.2 Å². The molecular formula is C12H18ClNO3. The van der Waals surface area contributed by atoms with Gasteiger partial charge in [-0.2, -0.15) is 0 Å². The van der Waals surface area contributed by atoms with E-state index in [1.165, 1.54) is 0 Å². The average molecular weight is 260 g/mol. The number of aliphatic carboxylic acids is 1. The number of para-hydroxylation sites is 1. The molecule has 0 amide bonds. The summed E-state index contributed by atoms with van der Waals surface area (Å²) in [5, 5.41) is 11.8. The highest BCUT2D eigenvalue weighted by Crippen LogP contribution is 2.08. The van der Waals surface area contributed by atoms with Crippen LogP contribution in [0.2, 0.25) is 0 Å². The normalized spacial score (nSPS) is 11.4. The van der Waals surface area contributed by atoms with Gasteiger partial charge in [0.1, 0.15) is 11.8 Å². The molecule has 0 bridgehead atoms. The Balaban J connectivity index is 0.00000256. The van der Waals surface area contributed by atoms with Gasteiger partial charge in [-0.25, -0.2) is 0 Å². The standard InChI is InChI=1S/C12H17NO3.ClH/c1-2-13-11(12(14)15)8-9-16-10-6-4-3-5-7-10;/h3-7,11,13H,2,8-9H2,1H3,(H,14,15);1H/t11-;/m0./s1. The van der Waals surface area contributed by atoms with E-state index in [9.17, 15) is 4.79 Å². The molecule has 1 rings (SSSR count). The van der Waals surface area contributed by atoms with Gasteiger partial charge < -0.3 is 15.2 Å². The van der Waals surface area contributed by atoms with Crippen molar-refractivity contribution >= 4 is 18.4 Å². The minimum absolute atomic E-state index is 0. The Morgan fingerprint density at radius 1 is 1.41 bits per heavy atom. The molecule has 0 saturated carbocycles. The maximum Gasteiger partial charge on any atom is 0.320 e. The number of nitrogens with one attached hydrogen (secondary N) is 1. The van der Waals surface area contributed by atoms with Crippen molar-refractivity contribution in [3.8, 4) is 5.75 Å². The SMILES string of the molecule is CCN[C@@H](CCOc1ccccc1)C(=O)O.Cl. The molecule has 1 atom stereocenters. The summed E-state index contributed by atoms with van der Waals surface area (Å²) in [5.41, 5.74) is 0. The summed E-state index contributed by atoms with van der Waals surface area (Å²) in [6.07, 6.45) is 0.456. The molecule has 1 aromatic rings. The van der Waals surface area contributed by atoms with Crippen molar-refractivity contribution in [3.63, 3.8) is 0 Å². The van der Waals surface area contributed by atoms with Crippen molar-refractivity contribution in [3.05, 3.63) is 30.3 Å². The lowest BCUT2D eigenvalue weighted by Gasteiger charge is -2.13. The van der Waals surface area contributed by atoms with E-state index in [0.29, 0.717) is 19.6 Å². The molecule has 0 saturated heterocycles. The maximum absolute atomic E-state index is 10.8. The zero-order chi connectivity index (χ0) is 11.8. The van der Waals surface area contributed by atoms with Crippen molar-refractivity contribution in [1.82, 2.24) is 5.32 Å². The first kappa shape index (κ1) is 15.7. The Morgan fingerprint density at radius 3 is 2.59 bits per heavy atom. The Morgan fingerprint density at radius 2 is 2.06 bits per heavy atom. The van der Waals surface area contributed by atoms with E-state index < -0.39 is 12.0 Å². The summed E-state index contributed by atoms with van der Waals surface area (Å²) in [6, 6.07) is 8.84. The third-order valence-electron chi connectivity index (χ3n) is 2.17. The van der Waals surface area contributed by atoms with Gasteiger partial charge >= 0.3 is 5.97 Å². The van der Waals surface area contributed by atoms with Gasteiger partial charge in [0.15, 0.2) is 0 Å². The van der Waals surface area contributed by atoms with Crippen LogP contribution in [0.15, 0.2) is 30.3 Å². The smallest absolute Gasteiger partial charge is 0.320 e. The lowest BCUT2D eigenvalue weighted by Crippen LogP contribution is -2.37. The van der Waals surface area contributed by atoms with Crippen LogP contribution in [0.5, 0.6) is 5.75 Å². The lowest BCUT2D eigenvalue weighted by atomic mass is 10.2. The molecule has 0 radical (unpaired) electrons. The number of ether oxygens (including phenoxy) is 1. The molecule has 5 heteroatoms. The van der Waals surface area contributed by atoms with Crippen LogP contribution in [-0.2, 0) is 4.79 Å². The molecule has 0 aliphatic heterocycles. The van der Waals surface area contributed by atoms with E-state index in [1.807, 2.05) is 37.3 Å². The van der Waals surface area contributed by atoms with Gasteiger partial charge in [0.05, 0.1) is 6.61 Å². The fraction of sp³-hybridized carbons (Fsp3) is 0.417. The number of halogens is 1. The van der Waals surface area contributed by atoms with Crippen LogP contribution in [0.25, 0.3) is 0 Å². The van der Waals surface area contributed by atoms with E-state index in [0.717, 1.165) is 5.75 Å². The van der Waals surface area contributed by atoms with Gasteiger partial charge in [0, 0.05) is 6.42 Å². The summed E-state index contributed by atoms with van der Waals surface area (Å²) in [6.45, 7) is 2.92. The van der Waals surface area contributed by atoms with Crippen molar-refractivity contribution in [2.24, 2.45) is 0 Å².